The van der Waals surface area contributed by atoms with Gasteiger partial charge in [0.05, 0.1) is 27.2 Å². The van der Waals surface area contributed by atoms with E-state index in [4.69, 9.17) is 11.6 Å². The molecular weight excluding hydrogens is 518 g/mol. The van der Waals surface area contributed by atoms with E-state index < -0.39 is 35.0 Å². The van der Waals surface area contributed by atoms with E-state index in [1.807, 2.05) is 0 Å². The van der Waals surface area contributed by atoms with Crippen molar-refractivity contribution in [2.75, 3.05) is 11.4 Å². The molecule has 35 heavy (non-hydrogen) atoms. The van der Waals surface area contributed by atoms with Crippen LogP contribution in [-0.2, 0) is 18.9 Å². The Morgan fingerprint density at radius 3 is 2.31 bits per heavy atom. The highest BCUT2D eigenvalue weighted by Gasteiger charge is 2.38. The molecule has 0 spiro atoms. The molecule has 13 heteroatoms. The average molecular weight is 533 g/mol. The van der Waals surface area contributed by atoms with Gasteiger partial charge in [0.1, 0.15) is 5.52 Å². The molecule has 0 radical (unpaired) electrons. The number of carbonyl (C=O) groups excluding carboxylic acids is 1. The molecular formula is C22H15ClF6N4OS. The zero-order chi connectivity index (χ0) is 25.4. The summed E-state index contributed by atoms with van der Waals surface area (Å²) < 4.78 is 82.4. The molecule has 0 saturated carbocycles. The first-order chi connectivity index (χ1) is 16.4. The highest BCUT2D eigenvalue weighted by molar-refractivity contribution is 7.22. The van der Waals surface area contributed by atoms with Crippen molar-refractivity contribution in [3.05, 3.63) is 76.8 Å². The van der Waals surface area contributed by atoms with Gasteiger partial charge in [-0.15, -0.1) is 0 Å². The van der Waals surface area contributed by atoms with Gasteiger partial charge in [-0.3, -0.25) is 9.69 Å². The van der Waals surface area contributed by atoms with E-state index in [2.05, 4.69) is 9.97 Å². The minimum atomic E-state index is -5.08. The van der Waals surface area contributed by atoms with Crippen LogP contribution in [0.25, 0.3) is 10.2 Å². The van der Waals surface area contributed by atoms with E-state index in [-0.39, 0.29) is 17.7 Å². The topological polar surface area (TPSA) is 51.0 Å². The number of para-hydroxylation sites is 1. The average Bonchev–Trinajstić information content (AvgIpc) is 3.45. The maximum atomic E-state index is 13.4. The fourth-order valence-corrected chi connectivity index (χ4v) is 4.66. The molecule has 4 rings (SSSR count). The number of imidazole rings is 1. The molecule has 2 aromatic carbocycles. The number of halogens is 7. The number of hydrogen-bond donors (Lipinski definition) is 0. The maximum absolute atomic E-state index is 13.4. The van der Waals surface area contributed by atoms with Crippen LogP contribution in [-0.4, -0.2) is 27.0 Å². The fourth-order valence-electron chi connectivity index (χ4n) is 3.37. The van der Waals surface area contributed by atoms with Gasteiger partial charge in [-0.25, -0.2) is 9.97 Å². The number of hydrogen-bond acceptors (Lipinski definition) is 4. The third-order valence-electron chi connectivity index (χ3n) is 5.03. The van der Waals surface area contributed by atoms with Crippen molar-refractivity contribution >= 4 is 44.2 Å². The molecule has 0 aliphatic rings. The number of thiazole rings is 1. The second-order valence-electron chi connectivity index (χ2n) is 7.49. The summed E-state index contributed by atoms with van der Waals surface area (Å²) in [4.78, 5) is 22.7. The molecule has 0 saturated heterocycles. The quantitative estimate of drug-likeness (QED) is 0.253. The third kappa shape index (κ3) is 5.59. The number of alkyl halides is 6. The Morgan fingerprint density at radius 1 is 1.06 bits per heavy atom. The van der Waals surface area contributed by atoms with Gasteiger partial charge in [0.2, 0.25) is 0 Å². The van der Waals surface area contributed by atoms with E-state index in [0.717, 1.165) is 16.2 Å². The lowest BCUT2D eigenvalue weighted by atomic mass is 10.0. The summed E-state index contributed by atoms with van der Waals surface area (Å²) in [5.74, 6) is -1.04. The molecule has 0 aliphatic heterocycles. The minimum Gasteiger partial charge on any atom is -0.337 e. The van der Waals surface area contributed by atoms with Crippen LogP contribution in [0.15, 0.2) is 55.1 Å². The van der Waals surface area contributed by atoms with Crippen molar-refractivity contribution in [3.8, 4) is 0 Å². The highest BCUT2D eigenvalue weighted by atomic mass is 35.5. The number of aryl methyl sites for hydroxylation is 1. The molecule has 0 atom stereocenters. The maximum Gasteiger partial charge on any atom is 0.416 e. The van der Waals surface area contributed by atoms with Crippen molar-refractivity contribution in [1.82, 2.24) is 14.5 Å². The number of nitrogens with zero attached hydrogens (tertiary/aromatic N) is 4. The molecule has 0 fully saturated rings. The number of anilines is 1. The largest absolute Gasteiger partial charge is 0.416 e. The predicted octanol–water partition coefficient (Wildman–Crippen LogP) is 6.92. The highest BCUT2D eigenvalue weighted by Crippen LogP contribution is 2.38. The lowest BCUT2D eigenvalue weighted by Crippen LogP contribution is -2.33. The molecule has 0 aliphatic carbocycles. The normalized spacial score (nSPS) is 12.3. The summed E-state index contributed by atoms with van der Waals surface area (Å²) in [6, 6.07) is 5.77. The van der Waals surface area contributed by atoms with Gasteiger partial charge in [0, 0.05) is 31.0 Å². The zero-order valence-electron chi connectivity index (χ0n) is 17.6. The number of carbonyl (C=O) groups is 1. The van der Waals surface area contributed by atoms with Gasteiger partial charge in [-0.1, -0.05) is 29.0 Å². The first kappa shape index (κ1) is 25.0. The van der Waals surface area contributed by atoms with Crippen molar-refractivity contribution in [2.24, 2.45) is 0 Å². The van der Waals surface area contributed by atoms with Crippen LogP contribution in [0.5, 0.6) is 0 Å². The number of amides is 1. The summed E-state index contributed by atoms with van der Waals surface area (Å²) in [6.45, 7) is 0.387. The van der Waals surface area contributed by atoms with E-state index >= 15 is 0 Å². The van der Waals surface area contributed by atoms with Crippen LogP contribution in [0.1, 0.15) is 27.9 Å². The Bertz CT molecular complexity index is 1320. The Hall–Kier alpha value is -3.12. The lowest BCUT2D eigenvalue weighted by molar-refractivity contribution is -0.143. The van der Waals surface area contributed by atoms with Crippen molar-refractivity contribution in [3.63, 3.8) is 0 Å². The molecule has 2 heterocycles. The van der Waals surface area contributed by atoms with Crippen LogP contribution >= 0.6 is 22.9 Å². The molecule has 4 aromatic rings. The van der Waals surface area contributed by atoms with E-state index in [0.29, 0.717) is 40.3 Å². The smallest absolute Gasteiger partial charge is 0.337 e. The monoisotopic (exact) mass is 532 g/mol. The van der Waals surface area contributed by atoms with Gasteiger partial charge < -0.3 is 4.57 Å². The second kappa shape index (κ2) is 9.50. The first-order valence-electron chi connectivity index (χ1n) is 10.1. The molecule has 1 amide bonds. The lowest BCUT2D eigenvalue weighted by Gasteiger charge is -2.21. The molecule has 0 unspecified atom stereocenters. The molecule has 0 bridgehead atoms. The first-order valence-corrected chi connectivity index (χ1v) is 11.2. The van der Waals surface area contributed by atoms with Crippen LogP contribution in [0.3, 0.4) is 0 Å². The molecule has 2 aromatic heterocycles. The molecule has 184 valence electrons. The number of fused-ring (bicyclic) bond motifs is 1. The predicted molar refractivity (Wildman–Crippen MR) is 120 cm³/mol. The Balaban J connectivity index is 1.75. The summed E-state index contributed by atoms with van der Waals surface area (Å²) in [7, 11) is 0. The summed E-state index contributed by atoms with van der Waals surface area (Å²) >= 11 is 7.22. The van der Waals surface area contributed by atoms with Crippen molar-refractivity contribution in [2.45, 2.75) is 25.3 Å². The van der Waals surface area contributed by atoms with Crippen molar-refractivity contribution < 1.29 is 31.1 Å². The standard InChI is InChI=1S/C22H15ClF6N4OS/c23-16-3-1-4-17-18(16)31-20(35-17)33(7-2-6-32-8-5-30-12-32)19(34)13-9-14(21(24,25)26)11-15(10-13)22(27,28)29/h1,3-5,8-12H,2,6-7H2. The molecule has 0 N–H and O–H groups in total. The fraction of sp³-hybridized carbons (Fsp3) is 0.227. The van der Waals surface area contributed by atoms with Gasteiger partial charge in [-0.05, 0) is 36.8 Å². The van der Waals surface area contributed by atoms with Crippen LogP contribution < -0.4 is 4.90 Å². The van der Waals surface area contributed by atoms with Crippen LogP contribution in [0.4, 0.5) is 31.5 Å². The Kier molecular flexibility index (Phi) is 6.78. The van der Waals surface area contributed by atoms with E-state index in [9.17, 15) is 31.1 Å². The number of benzene rings is 2. The number of aromatic nitrogens is 3. The van der Waals surface area contributed by atoms with Crippen LogP contribution in [0, 0.1) is 0 Å². The van der Waals surface area contributed by atoms with Crippen LogP contribution in [0.2, 0.25) is 5.02 Å². The molecule has 5 nitrogen and oxygen atoms in total. The van der Waals surface area contributed by atoms with Gasteiger partial charge in [0.15, 0.2) is 5.13 Å². The van der Waals surface area contributed by atoms with Gasteiger partial charge in [-0.2, -0.15) is 26.3 Å². The Morgan fingerprint density at radius 2 is 1.74 bits per heavy atom. The van der Waals surface area contributed by atoms with E-state index in [1.54, 1.807) is 41.5 Å². The summed E-state index contributed by atoms with van der Waals surface area (Å²) in [5, 5.41) is 0.406. The Labute approximate surface area is 203 Å². The summed E-state index contributed by atoms with van der Waals surface area (Å²) in [5.41, 5.74) is -3.51. The second-order valence-corrected chi connectivity index (χ2v) is 8.90. The third-order valence-corrected chi connectivity index (χ3v) is 6.37. The van der Waals surface area contributed by atoms with E-state index in [1.165, 1.54) is 0 Å². The van der Waals surface area contributed by atoms with Gasteiger partial charge in [0.25, 0.3) is 5.91 Å². The zero-order valence-corrected chi connectivity index (χ0v) is 19.1. The van der Waals surface area contributed by atoms with Gasteiger partial charge >= 0.3 is 12.4 Å². The summed E-state index contributed by atoms with van der Waals surface area (Å²) in [6.07, 6.45) is -5.04. The van der Waals surface area contributed by atoms with Crippen molar-refractivity contribution in [1.29, 1.82) is 0 Å². The SMILES string of the molecule is O=C(c1cc(C(F)(F)F)cc(C(F)(F)F)c1)N(CCCn1ccnc1)c1nc2c(Cl)cccc2s1. The number of rotatable bonds is 6. The minimum absolute atomic E-state index is 0.0162.